The number of carbonyl (C=O) groups excluding carboxylic acids is 1. The Morgan fingerprint density at radius 2 is 1.82 bits per heavy atom. The summed E-state index contributed by atoms with van der Waals surface area (Å²) in [6.07, 6.45) is 3.95. The summed E-state index contributed by atoms with van der Waals surface area (Å²) in [4.78, 5) is 31.7. The number of nitrogens with one attached hydrogen (secondary N) is 3. The second kappa shape index (κ2) is 13.5. The first-order chi connectivity index (χ1) is 18.9. The maximum atomic E-state index is 13.8. The number of halogens is 1. The lowest BCUT2D eigenvalue weighted by Gasteiger charge is -2.20. The highest BCUT2D eigenvalue weighted by molar-refractivity contribution is 7.99. The molecule has 0 spiro atoms. The Kier molecular flexibility index (Phi) is 9.63. The Labute approximate surface area is 231 Å². The fraction of sp³-hybridized carbons (Fsp3) is 0.250. The van der Waals surface area contributed by atoms with E-state index in [1.165, 1.54) is 23.9 Å². The molecular weight excluding hydrogens is 517 g/mol. The van der Waals surface area contributed by atoms with Crippen LogP contribution in [0.1, 0.15) is 25.8 Å². The van der Waals surface area contributed by atoms with Crippen LogP contribution in [0, 0.1) is 11.7 Å². The van der Waals surface area contributed by atoms with Gasteiger partial charge in [0.2, 0.25) is 17.8 Å². The molecule has 0 aliphatic heterocycles. The van der Waals surface area contributed by atoms with Gasteiger partial charge in [-0.1, -0.05) is 26.0 Å². The van der Waals surface area contributed by atoms with Crippen LogP contribution in [0.25, 0.3) is 0 Å². The van der Waals surface area contributed by atoms with Crippen LogP contribution in [0.4, 0.5) is 22.0 Å². The molecule has 0 saturated heterocycles. The van der Waals surface area contributed by atoms with Crippen molar-refractivity contribution in [3.63, 3.8) is 0 Å². The third-order valence-electron chi connectivity index (χ3n) is 5.48. The molecule has 9 nitrogen and oxygen atoms in total. The van der Waals surface area contributed by atoms with Crippen molar-refractivity contribution >= 4 is 35.3 Å². The lowest BCUT2D eigenvalue weighted by molar-refractivity contribution is -0.122. The summed E-state index contributed by atoms with van der Waals surface area (Å²) in [6.45, 7) is 4.43. The quantitative estimate of drug-likeness (QED) is 0.213. The van der Waals surface area contributed by atoms with E-state index in [0.29, 0.717) is 23.8 Å². The van der Waals surface area contributed by atoms with Crippen LogP contribution in [0.3, 0.4) is 0 Å². The van der Waals surface area contributed by atoms with E-state index in [9.17, 15) is 9.18 Å². The zero-order valence-corrected chi connectivity index (χ0v) is 22.7. The van der Waals surface area contributed by atoms with Crippen molar-refractivity contribution in [1.29, 1.82) is 0 Å². The lowest BCUT2D eigenvalue weighted by Crippen LogP contribution is -2.40. The number of hydrogen-bond acceptors (Lipinski definition) is 9. The third-order valence-corrected chi connectivity index (χ3v) is 6.35. The number of anilines is 3. The number of aromatic nitrogens is 4. The molecule has 4 aromatic rings. The van der Waals surface area contributed by atoms with Crippen LogP contribution in [0.15, 0.2) is 83.1 Å². The van der Waals surface area contributed by atoms with Gasteiger partial charge in [0.25, 0.3) is 0 Å². The monoisotopic (exact) mass is 547 g/mol. The largest absolute Gasteiger partial charge is 0.497 e. The molecule has 0 aliphatic rings. The number of nitrogens with zero attached hydrogens (tertiary/aromatic N) is 4. The summed E-state index contributed by atoms with van der Waals surface area (Å²) in [5.74, 6) is 0.834. The lowest BCUT2D eigenvalue weighted by atomic mass is 10.0. The second-order valence-corrected chi connectivity index (χ2v) is 10.1. The van der Waals surface area contributed by atoms with Crippen LogP contribution < -0.4 is 20.7 Å². The summed E-state index contributed by atoms with van der Waals surface area (Å²) in [5, 5.41) is 9.59. The summed E-state index contributed by atoms with van der Waals surface area (Å²) in [6, 6.07) is 16.6. The highest BCUT2D eigenvalue weighted by Crippen LogP contribution is 2.28. The Bertz CT molecular complexity index is 1370. The number of carbonyl (C=O) groups is 1. The minimum Gasteiger partial charge on any atom is -0.497 e. The van der Waals surface area contributed by atoms with E-state index in [2.05, 4.69) is 35.9 Å². The van der Waals surface area contributed by atoms with Crippen LogP contribution in [-0.4, -0.2) is 39.0 Å². The van der Waals surface area contributed by atoms with Gasteiger partial charge in [0.05, 0.1) is 7.11 Å². The van der Waals surface area contributed by atoms with Gasteiger partial charge in [-0.05, 0) is 78.2 Å². The molecule has 2 aromatic carbocycles. The predicted octanol–water partition coefficient (Wildman–Crippen LogP) is 5.45. The molecule has 0 fully saturated rings. The van der Waals surface area contributed by atoms with Crippen molar-refractivity contribution in [2.45, 2.75) is 42.9 Å². The first-order valence-corrected chi connectivity index (χ1v) is 13.2. The van der Waals surface area contributed by atoms with Gasteiger partial charge >= 0.3 is 0 Å². The fourth-order valence-electron chi connectivity index (χ4n) is 3.64. The van der Waals surface area contributed by atoms with Gasteiger partial charge in [0.1, 0.15) is 17.6 Å². The van der Waals surface area contributed by atoms with E-state index >= 15 is 0 Å². The molecule has 1 amide bonds. The predicted molar refractivity (Wildman–Crippen MR) is 150 cm³/mol. The molecule has 0 bridgehead atoms. The standard InChI is InChI=1S/C28H30FN7O2S/c1-18(2)14-24(25(37)31-17-19-6-5-13-30-16-19)33-27-34-26(32-21-8-4-7-20(29)15-21)35-28(36-27)39-23-11-9-22(38-3)10-12-23/h4-13,15-16,18,24H,14,17H2,1-3H3,(H,31,37)(H2,32,33,34,35,36)/t24-/m0/s1. The summed E-state index contributed by atoms with van der Waals surface area (Å²) >= 11 is 1.33. The topological polar surface area (TPSA) is 114 Å². The Balaban J connectivity index is 1.58. The number of methoxy groups -OCH3 is 1. The molecule has 2 aromatic heterocycles. The van der Waals surface area contributed by atoms with E-state index in [1.807, 2.05) is 50.2 Å². The first-order valence-electron chi connectivity index (χ1n) is 12.4. The zero-order chi connectivity index (χ0) is 27.6. The SMILES string of the molecule is COc1ccc(Sc2nc(Nc3cccc(F)c3)nc(N[C@@H](CC(C)C)C(=O)NCc3cccnc3)n2)cc1. The van der Waals surface area contributed by atoms with Crippen molar-refractivity contribution in [2.24, 2.45) is 5.92 Å². The average molecular weight is 548 g/mol. The molecule has 0 aliphatic carbocycles. The average Bonchev–Trinajstić information content (AvgIpc) is 2.92. The van der Waals surface area contributed by atoms with Crippen molar-refractivity contribution in [3.05, 3.63) is 84.4 Å². The van der Waals surface area contributed by atoms with Crippen LogP contribution in [0.2, 0.25) is 0 Å². The molecule has 0 saturated carbocycles. The fourth-order valence-corrected chi connectivity index (χ4v) is 4.39. The van der Waals surface area contributed by atoms with Crippen molar-refractivity contribution in [3.8, 4) is 5.75 Å². The molecule has 1 atom stereocenters. The van der Waals surface area contributed by atoms with Gasteiger partial charge in [0.15, 0.2) is 5.16 Å². The van der Waals surface area contributed by atoms with Crippen molar-refractivity contribution in [2.75, 3.05) is 17.7 Å². The minimum atomic E-state index is -0.593. The van der Waals surface area contributed by atoms with Gasteiger partial charge in [-0.2, -0.15) is 15.0 Å². The molecule has 202 valence electrons. The maximum Gasteiger partial charge on any atom is 0.242 e. The van der Waals surface area contributed by atoms with Crippen LogP contribution >= 0.6 is 11.8 Å². The molecule has 0 radical (unpaired) electrons. The van der Waals surface area contributed by atoms with E-state index in [1.54, 1.807) is 31.6 Å². The number of benzene rings is 2. The molecular formula is C28H30FN7O2S. The first kappa shape index (κ1) is 27.8. The highest BCUT2D eigenvalue weighted by Gasteiger charge is 2.22. The second-order valence-electron chi connectivity index (χ2n) is 9.08. The number of ether oxygens (including phenoxy) is 1. The van der Waals surface area contributed by atoms with Gasteiger partial charge in [0, 0.05) is 29.5 Å². The summed E-state index contributed by atoms with van der Waals surface area (Å²) < 4.78 is 19.0. The molecule has 0 unspecified atom stereocenters. The van der Waals surface area contributed by atoms with E-state index in [-0.39, 0.29) is 29.5 Å². The normalized spacial score (nSPS) is 11.6. The molecule has 3 N–H and O–H groups in total. The smallest absolute Gasteiger partial charge is 0.242 e. The van der Waals surface area contributed by atoms with Crippen LogP contribution in [0.5, 0.6) is 5.75 Å². The van der Waals surface area contributed by atoms with Crippen molar-refractivity contribution < 1.29 is 13.9 Å². The number of hydrogen-bond donors (Lipinski definition) is 3. The highest BCUT2D eigenvalue weighted by atomic mass is 32.2. The third kappa shape index (κ3) is 8.64. The van der Waals surface area contributed by atoms with E-state index < -0.39 is 6.04 Å². The van der Waals surface area contributed by atoms with Crippen molar-refractivity contribution in [1.82, 2.24) is 25.3 Å². The Morgan fingerprint density at radius 3 is 2.51 bits per heavy atom. The summed E-state index contributed by atoms with van der Waals surface area (Å²) in [7, 11) is 1.61. The molecule has 2 heterocycles. The molecule has 39 heavy (non-hydrogen) atoms. The number of amides is 1. The molecule has 11 heteroatoms. The summed E-state index contributed by atoms with van der Waals surface area (Å²) in [5.41, 5.74) is 1.38. The van der Waals surface area contributed by atoms with Crippen LogP contribution in [-0.2, 0) is 11.3 Å². The van der Waals surface area contributed by atoms with Gasteiger partial charge in [-0.25, -0.2) is 4.39 Å². The van der Waals surface area contributed by atoms with Gasteiger partial charge in [-0.3, -0.25) is 9.78 Å². The zero-order valence-electron chi connectivity index (χ0n) is 21.9. The number of rotatable bonds is 12. The molecule has 4 rings (SSSR count). The Hall–Kier alpha value is -4.25. The van der Waals surface area contributed by atoms with Gasteiger partial charge < -0.3 is 20.7 Å². The Morgan fingerprint density at radius 1 is 1.03 bits per heavy atom. The number of pyridine rings is 1. The minimum absolute atomic E-state index is 0.183. The van der Waals surface area contributed by atoms with E-state index in [4.69, 9.17) is 4.74 Å². The van der Waals surface area contributed by atoms with Gasteiger partial charge in [-0.15, -0.1) is 0 Å². The van der Waals surface area contributed by atoms with E-state index in [0.717, 1.165) is 16.2 Å². The maximum absolute atomic E-state index is 13.8.